The van der Waals surface area contributed by atoms with Gasteiger partial charge in [-0.15, -0.1) is 0 Å². The van der Waals surface area contributed by atoms with E-state index in [9.17, 15) is 0 Å². The van der Waals surface area contributed by atoms with Crippen LogP contribution in [0.5, 0.6) is 0 Å². The maximum Gasteiger partial charge on any atom is 0.175 e. The second-order valence-electron chi connectivity index (χ2n) is 5.11. The van der Waals surface area contributed by atoms with Gasteiger partial charge in [-0.1, -0.05) is 18.2 Å². The summed E-state index contributed by atoms with van der Waals surface area (Å²) in [5.74, 6) is 0. The van der Waals surface area contributed by atoms with Crippen molar-refractivity contribution in [3.63, 3.8) is 0 Å². The fourth-order valence-corrected chi connectivity index (χ4v) is 2.57. The van der Waals surface area contributed by atoms with Gasteiger partial charge in [-0.25, -0.2) is 0 Å². The van der Waals surface area contributed by atoms with Gasteiger partial charge in [0.1, 0.15) is 0 Å². The molecule has 3 nitrogen and oxygen atoms in total. The third kappa shape index (κ3) is 4.21. The van der Waals surface area contributed by atoms with E-state index in [1.165, 1.54) is 11.3 Å². The van der Waals surface area contributed by atoms with Gasteiger partial charge >= 0.3 is 0 Å². The Balaban J connectivity index is 1.99. The highest BCUT2D eigenvalue weighted by atomic mass is 32.1. The number of nitrogens with one attached hydrogen (secondary N) is 2. The van der Waals surface area contributed by atoms with E-state index in [1.807, 2.05) is 18.2 Å². The Kier molecular flexibility index (Phi) is 5.78. The predicted octanol–water partition coefficient (Wildman–Crippen LogP) is 4.65. The number of nitrogens with zero attached hydrogens (tertiary/aromatic N) is 1. The van der Waals surface area contributed by atoms with Crippen LogP contribution in [0.2, 0.25) is 0 Å². The van der Waals surface area contributed by atoms with Crippen LogP contribution in [-0.2, 0) is 0 Å². The van der Waals surface area contributed by atoms with Gasteiger partial charge in [-0.05, 0) is 68.9 Å². The van der Waals surface area contributed by atoms with Crippen molar-refractivity contribution in [1.82, 2.24) is 0 Å². The Hall–Kier alpha value is -2.07. The van der Waals surface area contributed by atoms with Crippen LogP contribution in [0, 0.1) is 6.92 Å². The van der Waals surface area contributed by atoms with Crippen LogP contribution in [0.4, 0.5) is 17.1 Å². The highest BCUT2D eigenvalue weighted by molar-refractivity contribution is 7.80. The van der Waals surface area contributed by atoms with Crippen molar-refractivity contribution >= 4 is 34.4 Å². The fourth-order valence-electron chi connectivity index (χ4n) is 2.34. The van der Waals surface area contributed by atoms with Crippen molar-refractivity contribution in [2.24, 2.45) is 0 Å². The molecule has 0 radical (unpaired) electrons. The molecule has 2 rings (SSSR count). The Labute approximate surface area is 138 Å². The summed E-state index contributed by atoms with van der Waals surface area (Å²) in [6.45, 7) is 8.41. The summed E-state index contributed by atoms with van der Waals surface area (Å²) in [6.07, 6.45) is 0. The van der Waals surface area contributed by atoms with E-state index in [4.69, 9.17) is 12.2 Å². The quantitative estimate of drug-likeness (QED) is 0.786. The molecule has 0 aliphatic rings. The Morgan fingerprint density at radius 1 is 0.955 bits per heavy atom. The summed E-state index contributed by atoms with van der Waals surface area (Å²) in [5.41, 5.74) is 4.42. The number of thiocarbonyl (C=S) groups is 1. The second kappa shape index (κ2) is 7.80. The lowest BCUT2D eigenvalue weighted by atomic mass is 10.2. The van der Waals surface area contributed by atoms with Crippen LogP contribution in [0.1, 0.15) is 19.4 Å². The molecule has 0 amide bonds. The third-order valence-corrected chi connectivity index (χ3v) is 3.85. The van der Waals surface area contributed by atoms with Gasteiger partial charge < -0.3 is 15.5 Å². The summed E-state index contributed by atoms with van der Waals surface area (Å²) in [7, 11) is 0. The van der Waals surface area contributed by atoms with E-state index < -0.39 is 0 Å². The molecule has 2 N–H and O–H groups in total. The van der Waals surface area contributed by atoms with Crippen molar-refractivity contribution < 1.29 is 0 Å². The molecular formula is C18H23N3S. The topological polar surface area (TPSA) is 27.3 Å². The summed E-state index contributed by atoms with van der Waals surface area (Å²) >= 11 is 5.38. The van der Waals surface area contributed by atoms with Crippen LogP contribution in [-0.4, -0.2) is 18.2 Å². The number of benzene rings is 2. The molecule has 0 aliphatic carbocycles. The highest BCUT2D eigenvalue weighted by Gasteiger charge is 2.03. The smallest absolute Gasteiger partial charge is 0.175 e. The molecule has 0 spiro atoms. The summed E-state index contributed by atoms with van der Waals surface area (Å²) in [5, 5.41) is 7.05. The normalized spacial score (nSPS) is 10.1. The first-order valence-electron chi connectivity index (χ1n) is 7.62. The third-order valence-electron chi connectivity index (χ3n) is 3.65. The molecule has 0 saturated carbocycles. The van der Waals surface area contributed by atoms with E-state index in [-0.39, 0.29) is 0 Å². The van der Waals surface area contributed by atoms with Crippen LogP contribution in [0.25, 0.3) is 0 Å². The van der Waals surface area contributed by atoms with Crippen LogP contribution < -0.4 is 15.5 Å². The second-order valence-corrected chi connectivity index (χ2v) is 5.52. The van der Waals surface area contributed by atoms with Gasteiger partial charge in [0.15, 0.2) is 5.11 Å². The minimum atomic E-state index is 0.602. The maximum atomic E-state index is 5.38. The Morgan fingerprint density at radius 3 is 2.18 bits per heavy atom. The van der Waals surface area contributed by atoms with Crippen molar-refractivity contribution in [3.05, 3.63) is 54.1 Å². The number of anilines is 3. The van der Waals surface area contributed by atoms with Gasteiger partial charge in [0, 0.05) is 30.2 Å². The van der Waals surface area contributed by atoms with Crippen molar-refractivity contribution in [3.8, 4) is 0 Å². The van der Waals surface area contributed by atoms with Gasteiger partial charge in [0.25, 0.3) is 0 Å². The first-order chi connectivity index (χ1) is 10.6. The molecule has 4 heteroatoms. The average Bonchev–Trinajstić information content (AvgIpc) is 2.52. The van der Waals surface area contributed by atoms with Gasteiger partial charge in [-0.3, -0.25) is 0 Å². The minimum absolute atomic E-state index is 0.602. The first kappa shape index (κ1) is 16.3. The molecule has 2 aromatic rings. The minimum Gasteiger partial charge on any atom is -0.372 e. The molecule has 116 valence electrons. The number of hydrogen-bond acceptors (Lipinski definition) is 2. The van der Waals surface area contributed by atoms with Crippen LogP contribution >= 0.6 is 12.2 Å². The van der Waals surface area contributed by atoms with Gasteiger partial charge in [0.2, 0.25) is 0 Å². The van der Waals surface area contributed by atoms with Gasteiger partial charge in [0.05, 0.1) is 0 Å². The maximum absolute atomic E-state index is 5.38. The Bertz CT molecular complexity index is 618. The lowest BCUT2D eigenvalue weighted by molar-refractivity contribution is 0.866. The predicted molar refractivity (Wildman–Crippen MR) is 101 cm³/mol. The molecule has 0 heterocycles. The highest BCUT2D eigenvalue weighted by Crippen LogP contribution is 2.18. The molecule has 0 aromatic heterocycles. The summed E-state index contributed by atoms with van der Waals surface area (Å²) in [4.78, 5) is 2.31. The first-order valence-corrected chi connectivity index (χ1v) is 8.03. The standard InChI is InChI=1S/C18H23N3S/c1-4-21(5-2)16-12-10-15(11-13-16)19-18(22)20-17-9-7-6-8-14(17)3/h6-13H,4-5H2,1-3H3,(H2,19,20,22). The zero-order valence-corrected chi connectivity index (χ0v) is 14.2. The average molecular weight is 313 g/mol. The monoisotopic (exact) mass is 313 g/mol. The lowest BCUT2D eigenvalue weighted by Gasteiger charge is -2.21. The van der Waals surface area contributed by atoms with Gasteiger partial charge in [-0.2, -0.15) is 0 Å². The van der Waals surface area contributed by atoms with Crippen LogP contribution in [0.15, 0.2) is 48.5 Å². The molecule has 0 unspecified atom stereocenters. The summed E-state index contributed by atoms with van der Waals surface area (Å²) in [6, 6.07) is 16.4. The van der Waals surface area contributed by atoms with E-state index in [2.05, 4.69) is 66.6 Å². The molecule has 0 bridgehead atoms. The van der Waals surface area contributed by atoms with E-state index in [0.29, 0.717) is 5.11 Å². The number of aryl methyl sites for hydroxylation is 1. The largest absolute Gasteiger partial charge is 0.372 e. The van der Waals surface area contributed by atoms with E-state index >= 15 is 0 Å². The molecule has 0 atom stereocenters. The summed E-state index contributed by atoms with van der Waals surface area (Å²) < 4.78 is 0. The number of para-hydroxylation sites is 1. The van der Waals surface area contributed by atoms with E-state index in [0.717, 1.165) is 24.5 Å². The molecule has 2 aromatic carbocycles. The van der Waals surface area contributed by atoms with Crippen molar-refractivity contribution in [2.45, 2.75) is 20.8 Å². The SMILES string of the molecule is CCN(CC)c1ccc(NC(=S)Nc2ccccc2C)cc1. The molecule has 0 aliphatic heterocycles. The zero-order valence-electron chi connectivity index (χ0n) is 13.4. The van der Waals surface area contributed by atoms with E-state index in [1.54, 1.807) is 0 Å². The van der Waals surface area contributed by atoms with Crippen molar-refractivity contribution in [2.75, 3.05) is 28.6 Å². The molecule has 22 heavy (non-hydrogen) atoms. The Morgan fingerprint density at radius 2 is 1.59 bits per heavy atom. The van der Waals surface area contributed by atoms with Crippen molar-refractivity contribution in [1.29, 1.82) is 0 Å². The fraction of sp³-hybridized carbons (Fsp3) is 0.278. The van der Waals surface area contributed by atoms with Crippen LogP contribution in [0.3, 0.4) is 0 Å². The lowest BCUT2D eigenvalue weighted by Crippen LogP contribution is -2.22. The number of rotatable bonds is 5. The molecular weight excluding hydrogens is 290 g/mol. The number of hydrogen-bond donors (Lipinski definition) is 2. The molecule has 0 fully saturated rings. The zero-order chi connectivity index (χ0) is 15.9. The molecule has 0 saturated heterocycles.